The molecule has 0 atom stereocenters. The van der Waals surface area contributed by atoms with Gasteiger partial charge in [-0.25, -0.2) is 0 Å². The van der Waals surface area contributed by atoms with Gasteiger partial charge >= 0.3 is 0 Å². The molecule has 0 amide bonds. The van der Waals surface area contributed by atoms with Gasteiger partial charge in [0.25, 0.3) is 0 Å². The summed E-state index contributed by atoms with van der Waals surface area (Å²) in [5.41, 5.74) is 3.11. The number of rotatable bonds is 3. The van der Waals surface area contributed by atoms with E-state index in [4.69, 9.17) is 0 Å². The molecule has 1 aromatic carbocycles. The Morgan fingerprint density at radius 1 is 1.00 bits per heavy atom. The normalized spacial score (nSPS) is 9.25. The zero-order valence-electron chi connectivity index (χ0n) is 7.65. The average Bonchev–Trinajstić information content (AvgIpc) is 2.16. The minimum atomic E-state index is 0.985. The second kappa shape index (κ2) is 3.85. The van der Waals surface area contributed by atoms with Gasteiger partial charge in [0.1, 0.15) is 0 Å². The number of anilines is 3. The van der Waals surface area contributed by atoms with Gasteiger partial charge < -0.3 is 16.0 Å². The summed E-state index contributed by atoms with van der Waals surface area (Å²) >= 11 is 0. The molecule has 12 heavy (non-hydrogen) atoms. The first-order valence-electron chi connectivity index (χ1n) is 3.90. The Balaban J connectivity index is 3.02. The van der Waals surface area contributed by atoms with Gasteiger partial charge in [-0.1, -0.05) is 0 Å². The Hall–Kier alpha value is -1.38. The first-order chi connectivity index (χ1) is 5.81. The molecule has 0 saturated carbocycles. The third-order valence-electron chi connectivity index (χ3n) is 1.76. The van der Waals surface area contributed by atoms with Gasteiger partial charge in [-0.2, -0.15) is 0 Å². The van der Waals surface area contributed by atoms with Crippen LogP contribution in [0.3, 0.4) is 0 Å². The third-order valence-corrected chi connectivity index (χ3v) is 1.76. The van der Waals surface area contributed by atoms with Crippen LogP contribution in [-0.2, 0) is 0 Å². The van der Waals surface area contributed by atoms with Gasteiger partial charge in [0.15, 0.2) is 0 Å². The van der Waals surface area contributed by atoms with Crippen LogP contribution in [0.4, 0.5) is 17.1 Å². The number of hydrogen-bond acceptors (Lipinski definition) is 3. The molecule has 3 nitrogen and oxygen atoms in total. The second-order valence-corrected chi connectivity index (χ2v) is 2.42. The van der Waals surface area contributed by atoms with Gasteiger partial charge in [0.2, 0.25) is 0 Å². The lowest BCUT2D eigenvalue weighted by atomic mass is 10.2. The van der Waals surface area contributed by atoms with Crippen molar-refractivity contribution in [1.82, 2.24) is 0 Å². The summed E-state index contributed by atoms with van der Waals surface area (Å²) in [5.74, 6) is 0. The lowest BCUT2D eigenvalue weighted by molar-refractivity contribution is 1.42. The van der Waals surface area contributed by atoms with Crippen molar-refractivity contribution in [2.45, 2.75) is 0 Å². The summed E-state index contributed by atoms with van der Waals surface area (Å²) in [6, 6.07) is 7.02. The van der Waals surface area contributed by atoms with E-state index in [0.717, 1.165) is 17.1 Å². The molecule has 0 saturated heterocycles. The molecule has 0 aliphatic rings. The van der Waals surface area contributed by atoms with Crippen molar-refractivity contribution in [3.8, 4) is 0 Å². The quantitative estimate of drug-likeness (QED) is 0.635. The highest BCUT2D eigenvalue weighted by Gasteiger charge is 1.98. The predicted molar refractivity (Wildman–Crippen MR) is 53.9 cm³/mol. The van der Waals surface area contributed by atoms with Crippen molar-refractivity contribution in [2.75, 3.05) is 37.1 Å². The van der Waals surface area contributed by atoms with Gasteiger partial charge in [0.05, 0.1) is 11.4 Å². The van der Waals surface area contributed by atoms with E-state index in [1.54, 1.807) is 0 Å². The highest BCUT2D eigenvalue weighted by molar-refractivity contribution is 5.72. The predicted octanol–water partition coefficient (Wildman–Crippen LogP) is 1.61. The molecule has 1 aromatic rings. The van der Waals surface area contributed by atoms with E-state index in [-0.39, 0.29) is 0 Å². The van der Waals surface area contributed by atoms with Crippen molar-refractivity contribution in [3.63, 3.8) is 0 Å². The molecule has 0 aromatic heterocycles. The van der Waals surface area contributed by atoms with Crippen LogP contribution < -0.4 is 16.0 Å². The molecule has 0 spiro atoms. The van der Waals surface area contributed by atoms with E-state index in [2.05, 4.69) is 22.0 Å². The minimum absolute atomic E-state index is 0.985. The second-order valence-electron chi connectivity index (χ2n) is 2.42. The van der Waals surface area contributed by atoms with Crippen LogP contribution in [0, 0.1) is 6.07 Å². The molecule has 1 radical (unpaired) electrons. The fourth-order valence-corrected chi connectivity index (χ4v) is 1.05. The SMILES string of the molecule is CNc1[c]cc(NC)c(NC)c1. The van der Waals surface area contributed by atoms with Crippen molar-refractivity contribution < 1.29 is 0 Å². The summed E-state index contributed by atoms with van der Waals surface area (Å²) in [6.07, 6.45) is 0. The minimum Gasteiger partial charge on any atom is -0.388 e. The van der Waals surface area contributed by atoms with Crippen molar-refractivity contribution in [2.24, 2.45) is 0 Å². The summed E-state index contributed by atoms with van der Waals surface area (Å²) in [6.45, 7) is 0. The first kappa shape index (κ1) is 8.71. The fraction of sp³-hybridized carbons (Fsp3) is 0.333. The maximum absolute atomic E-state index is 3.10. The fourth-order valence-electron chi connectivity index (χ4n) is 1.05. The van der Waals surface area contributed by atoms with Crippen LogP contribution >= 0.6 is 0 Å². The summed E-state index contributed by atoms with van der Waals surface area (Å²) in [4.78, 5) is 0. The van der Waals surface area contributed by atoms with E-state index < -0.39 is 0 Å². The number of benzene rings is 1. The molecule has 0 aliphatic carbocycles. The lowest BCUT2D eigenvalue weighted by Gasteiger charge is -2.09. The molecular weight excluding hydrogens is 150 g/mol. The zero-order valence-corrected chi connectivity index (χ0v) is 7.65. The first-order valence-corrected chi connectivity index (χ1v) is 3.90. The smallest absolute Gasteiger partial charge is 0.0594 e. The van der Waals surface area contributed by atoms with Gasteiger partial charge in [-0.05, 0) is 12.1 Å². The highest BCUT2D eigenvalue weighted by atomic mass is 14.9. The topological polar surface area (TPSA) is 36.1 Å². The number of nitrogens with one attached hydrogen (secondary N) is 3. The summed E-state index contributed by atoms with van der Waals surface area (Å²) < 4.78 is 0. The van der Waals surface area contributed by atoms with Crippen molar-refractivity contribution >= 4 is 17.1 Å². The van der Waals surface area contributed by atoms with Crippen LogP contribution in [-0.4, -0.2) is 21.1 Å². The standard InChI is InChI=1S/C9H14N3/c1-10-7-4-5-8(11-2)9(6-7)12-3/h5-6,10-12H,1-3H3. The maximum atomic E-state index is 3.10. The molecular formula is C9H14N3. The highest BCUT2D eigenvalue weighted by Crippen LogP contribution is 2.23. The molecule has 3 heteroatoms. The Bertz CT molecular complexity index is 258. The van der Waals surface area contributed by atoms with Gasteiger partial charge in [-0.3, -0.25) is 0 Å². The van der Waals surface area contributed by atoms with Gasteiger partial charge in [0, 0.05) is 32.9 Å². The average molecular weight is 164 g/mol. The number of hydrogen-bond donors (Lipinski definition) is 3. The van der Waals surface area contributed by atoms with Crippen LogP contribution in [0.5, 0.6) is 0 Å². The van der Waals surface area contributed by atoms with Crippen molar-refractivity contribution in [3.05, 3.63) is 18.2 Å². The Labute approximate surface area is 73.2 Å². The molecule has 3 N–H and O–H groups in total. The van der Waals surface area contributed by atoms with Crippen LogP contribution in [0.15, 0.2) is 12.1 Å². The molecule has 65 valence electrons. The van der Waals surface area contributed by atoms with E-state index in [0.29, 0.717) is 0 Å². The van der Waals surface area contributed by atoms with E-state index in [1.165, 1.54) is 0 Å². The zero-order chi connectivity index (χ0) is 8.97. The Kier molecular flexibility index (Phi) is 2.80. The molecule has 1 rings (SSSR count). The van der Waals surface area contributed by atoms with E-state index >= 15 is 0 Å². The lowest BCUT2D eigenvalue weighted by Crippen LogP contribution is -1.98. The molecule has 0 bridgehead atoms. The molecule has 0 aliphatic heterocycles. The molecule has 0 unspecified atom stereocenters. The molecule has 0 fully saturated rings. The Morgan fingerprint density at radius 3 is 2.17 bits per heavy atom. The van der Waals surface area contributed by atoms with Crippen LogP contribution in [0.1, 0.15) is 0 Å². The summed E-state index contributed by atoms with van der Waals surface area (Å²) in [5, 5.41) is 9.20. The molecule has 0 heterocycles. The van der Waals surface area contributed by atoms with Crippen LogP contribution in [0.25, 0.3) is 0 Å². The summed E-state index contributed by atoms with van der Waals surface area (Å²) in [7, 11) is 5.67. The monoisotopic (exact) mass is 164 g/mol. The van der Waals surface area contributed by atoms with Crippen molar-refractivity contribution in [1.29, 1.82) is 0 Å². The third kappa shape index (κ3) is 1.61. The van der Waals surface area contributed by atoms with Gasteiger partial charge in [-0.15, -0.1) is 0 Å². The maximum Gasteiger partial charge on any atom is 0.0594 e. The van der Waals surface area contributed by atoms with Crippen LogP contribution in [0.2, 0.25) is 0 Å². The Morgan fingerprint density at radius 2 is 1.67 bits per heavy atom. The largest absolute Gasteiger partial charge is 0.388 e. The van der Waals surface area contributed by atoms with E-state index in [1.807, 2.05) is 33.3 Å². The van der Waals surface area contributed by atoms with E-state index in [9.17, 15) is 0 Å².